The van der Waals surface area contributed by atoms with Crippen molar-refractivity contribution < 1.29 is 4.74 Å². The molecular formula is C15H30N2O. The van der Waals surface area contributed by atoms with Crippen molar-refractivity contribution in [3.63, 3.8) is 0 Å². The third-order valence-electron chi connectivity index (χ3n) is 4.26. The standard InChI is InChI=1S/C15H30N2O/c1-4-7-17-10-11-18-15(13-17)5-8-16(9-6-15)12-14(2)3/h14H,4-13H2,1-3H3. The van der Waals surface area contributed by atoms with E-state index in [0.29, 0.717) is 0 Å². The topological polar surface area (TPSA) is 15.7 Å². The van der Waals surface area contributed by atoms with E-state index >= 15 is 0 Å². The predicted octanol–water partition coefficient (Wildman–Crippen LogP) is 2.22. The predicted molar refractivity (Wildman–Crippen MR) is 75.9 cm³/mol. The zero-order valence-electron chi connectivity index (χ0n) is 12.5. The lowest BCUT2D eigenvalue weighted by atomic mass is 9.89. The van der Waals surface area contributed by atoms with Crippen LogP contribution >= 0.6 is 0 Å². The highest BCUT2D eigenvalue weighted by Gasteiger charge is 2.39. The summed E-state index contributed by atoms with van der Waals surface area (Å²) >= 11 is 0. The number of nitrogens with zero attached hydrogens (tertiary/aromatic N) is 2. The molecule has 0 unspecified atom stereocenters. The van der Waals surface area contributed by atoms with Gasteiger partial charge in [-0.15, -0.1) is 0 Å². The first kappa shape index (κ1) is 14.3. The lowest BCUT2D eigenvalue weighted by molar-refractivity contribution is -0.136. The molecule has 0 bridgehead atoms. The van der Waals surface area contributed by atoms with E-state index in [4.69, 9.17) is 4.74 Å². The smallest absolute Gasteiger partial charge is 0.0833 e. The number of piperidine rings is 1. The molecule has 2 rings (SSSR count). The number of morpholine rings is 1. The Morgan fingerprint density at radius 2 is 1.83 bits per heavy atom. The van der Waals surface area contributed by atoms with Gasteiger partial charge in [0.25, 0.3) is 0 Å². The normalized spacial score (nSPS) is 26.0. The molecular weight excluding hydrogens is 224 g/mol. The molecule has 0 aromatic rings. The number of hydrogen-bond acceptors (Lipinski definition) is 3. The first-order valence-corrected chi connectivity index (χ1v) is 7.72. The summed E-state index contributed by atoms with van der Waals surface area (Å²) in [6.07, 6.45) is 3.70. The van der Waals surface area contributed by atoms with Gasteiger partial charge in [0, 0.05) is 32.7 Å². The van der Waals surface area contributed by atoms with E-state index in [2.05, 4.69) is 30.6 Å². The lowest BCUT2D eigenvalue weighted by Gasteiger charge is -2.47. The Bertz CT molecular complexity index is 245. The molecule has 0 N–H and O–H groups in total. The molecule has 2 fully saturated rings. The second-order valence-corrected chi connectivity index (χ2v) is 6.50. The number of ether oxygens (including phenoxy) is 1. The fourth-order valence-corrected chi connectivity index (χ4v) is 3.39. The summed E-state index contributed by atoms with van der Waals surface area (Å²) in [6, 6.07) is 0. The molecule has 0 aromatic heterocycles. The van der Waals surface area contributed by atoms with E-state index in [-0.39, 0.29) is 5.60 Å². The molecule has 106 valence electrons. The SMILES string of the molecule is CCCN1CCOC2(CCN(CC(C)C)CC2)C1. The Balaban J connectivity index is 1.83. The van der Waals surface area contributed by atoms with Crippen LogP contribution < -0.4 is 0 Å². The molecule has 0 radical (unpaired) electrons. The van der Waals surface area contributed by atoms with Gasteiger partial charge in [-0.25, -0.2) is 0 Å². The zero-order chi connectivity index (χ0) is 13.0. The van der Waals surface area contributed by atoms with Gasteiger partial charge in [0.05, 0.1) is 12.2 Å². The largest absolute Gasteiger partial charge is 0.372 e. The van der Waals surface area contributed by atoms with Crippen LogP contribution in [-0.2, 0) is 4.74 Å². The van der Waals surface area contributed by atoms with Gasteiger partial charge in [-0.3, -0.25) is 4.90 Å². The van der Waals surface area contributed by atoms with E-state index in [9.17, 15) is 0 Å². The summed E-state index contributed by atoms with van der Waals surface area (Å²) in [7, 11) is 0. The molecule has 3 heteroatoms. The van der Waals surface area contributed by atoms with Crippen LogP contribution in [0.15, 0.2) is 0 Å². The molecule has 0 saturated carbocycles. The lowest BCUT2D eigenvalue weighted by Crippen LogP contribution is -2.57. The minimum Gasteiger partial charge on any atom is -0.372 e. The molecule has 2 aliphatic rings. The highest BCUT2D eigenvalue weighted by molar-refractivity contribution is 4.92. The third kappa shape index (κ3) is 3.69. The van der Waals surface area contributed by atoms with Crippen molar-refractivity contribution in [3.05, 3.63) is 0 Å². The highest BCUT2D eigenvalue weighted by atomic mass is 16.5. The monoisotopic (exact) mass is 254 g/mol. The van der Waals surface area contributed by atoms with Crippen molar-refractivity contribution in [1.82, 2.24) is 9.80 Å². The van der Waals surface area contributed by atoms with E-state index in [1.165, 1.54) is 45.4 Å². The molecule has 2 heterocycles. The average Bonchev–Trinajstić information content (AvgIpc) is 2.33. The van der Waals surface area contributed by atoms with Crippen molar-refractivity contribution >= 4 is 0 Å². The van der Waals surface area contributed by atoms with Gasteiger partial charge in [-0.1, -0.05) is 20.8 Å². The van der Waals surface area contributed by atoms with Crippen LogP contribution in [0.2, 0.25) is 0 Å². The van der Waals surface area contributed by atoms with E-state index < -0.39 is 0 Å². The van der Waals surface area contributed by atoms with Gasteiger partial charge in [0.1, 0.15) is 0 Å². The minimum absolute atomic E-state index is 0.181. The molecule has 0 aromatic carbocycles. The van der Waals surface area contributed by atoms with E-state index in [0.717, 1.165) is 25.6 Å². The van der Waals surface area contributed by atoms with Crippen LogP contribution in [0, 0.1) is 5.92 Å². The molecule has 1 spiro atoms. The maximum Gasteiger partial charge on any atom is 0.0833 e. The summed E-state index contributed by atoms with van der Waals surface area (Å²) in [6.45, 7) is 15.0. The Hall–Kier alpha value is -0.120. The number of rotatable bonds is 4. The highest BCUT2D eigenvalue weighted by Crippen LogP contribution is 2.30. The number of hydrogen-bond donors (Lipinski definition) is 0. The van der Waals surface area contributed by atoms with Gasteiger partial charge < -0.3 is 9.64 Å². The maximum absolute atomic E-state index is 6.17. The Labute approximate surface area is 112 Å². The molecule has 2 saturated heterocycles. The molecule has 2 aliphatic heterocycles. The summed E-state index contributed by atoms with van der Waals surface area (Å²) in [5, 5.41) is 0. The molecule has 0 amide bonds. The van der Waals surface area contributed by atoms with Crippen LogP contribution in [0.5, 0.6) is 0 Å². The van der Waals surface area contributed by atoms with Crippen LogP contribution in [0.4, 0.5) is 0 Å². The van der Waals surface area contributed by atoms with Crippen molar-refractivity contribution in [1.29, 1.82) is 0 Å². The summed E-state index contributed by atoms with van der Waals surface area (Å²) in [5.74, 6) is 0.780. The van der Waals surface area contributed by atoms with Crippen LogP contribution in [0.3, 0.4) is 0 Å². The second-order valence-electron chi connectivity index (χ2n) is 6.50. The van der Waals surface area contributed by atoms with Gasteiger partial charge >= 0.3 is 0 Å². The van der Waals surface area contributed by atoms with Gasteiger partial charge in [-0.2, -0.15) is 0 Å². The van der Waals surface area contributed by atoms with Crippen molar-refractivity contribution in [2.24, 2.45) is 5.92 Å². The third-order valence-corrected chi connectivity index (χ3v) is 4.26. The van der Waals surface area contributed by atoms with Crippen molar-refractivity contribution in [2.75, 3.05) is 45.9 Å². The quantitative estimate of drug-likeness (QED) is 0.765. The summed E-state index contributed by atoms with van der Waals surface area (Å²) < 4.78 is 6.17. The van der Waals surface area contributed by atoms with Crippen molar-refractivity contribution in [3.8, 4) is 0 Å². The number of likely N-dealkylation sites (tertiary alicyclic amines) is 1. The van der Waals surface area contributed by atoms with Gasteiger partial charge in [0.15, 0.2) is 0 Å². The van der Waals surface area contributed by atoms with E-state index in [1.54, 1.807) is 0 Å². The summed E-state index contributed by atoms with van der Waals surface area (Å²) in [5.41, 5.74) is 0.181. The summed E-state index contributed by atoms with van der Waals surface area (Å²) in [4.78, 5) is 5.21. The van der Waals surface area contributed by atoms with Crippen molar-refractivity contribution in [2.45, 2.75) is 45.6 Å². The first-order chi connectivity index (χ1) is 8.63. The van der Waals surface area contributed by atoms with Crippen LogP contribution in [-0.4, -0.2) is 61.3 Å². The molecule has 18 heavy (non-hydrogen) atoms. The van der Waals surface area contributed by atoms with Gasteiger partial charge in [0.2, 0.25) is 0 Å². The molecule has 3 nitrogen and oxygen atoms in total. The average molecular weight is 254 g/mol. The molecule has 0 atom stereocenters. The molecule has 0 aliphatic carbocycles. The van der Waals surface area contributed by atoms with E-state index in [1.807, 2.05) is 0 Å². The zero-order valence-corrected chi connectivity index (χ0v) is 12.5. The van der Waals surface area contributed by atoms with Crippen LogP contribution in [0.25, 0.3) is 0 Å². The Morgan fingerprint density at radius 3 is 2.44 bits per heavy atom. The second kappa shape index (κ2) is 6.36. The van der Waals surface area contributed by atoms with Crippen LogP contribution in [0.1, 0.15) is 40.0 Å². The van der Waals surface area contributed by atoms with Gasteiger partial charge in [-0.05, 0) is 31.7 Å². The maximum atomic E-state index is 6.17. The first-order valence-electron chi connectivity index (χ1n) is 7.72. The Morgan fingerprint density at radius 1 is 1.11 bits per heavy atom. The fraction of sp³-hybridized carbons (Fsp3) is 1.00. The Kier molecular flexibility index (Phi) is 5.05. The fourth-order valence-electron chi connectivity index (χ4n) is 3.39. The minimum atomic E-state index is 0.181.